The highest BCUT2D eigenvalue weighted by atomic mass is 19.4. The van der Waals surface area contributed by atoms with Gasteiger partial charge >= 0.3 is 6.18 Å². The predicted molar refractivity (Wildman–Crippen MR) is 106 cm³/mol. The quantitative estimate of drug-likeness (QED) is 0.795. The number of likely N-dealkylation sites (tertiary alicyclic amines) is 1. The van der Waals surface area contributed by atoms with Crippen LogP contribution in [0.1, 0.15) is 54.2 Å². The average molecular weight is 422 g/mol. The molecule has 1 saturated heterocycles. The van der Waals surface area contributed by atoms with Gasteiger partial charge in [0.05, 0.1) is 19.3 Å². The molecule has 9 heteroatoms. The minimum atomic E-state index is -4.49. The summed E-state index contributed by atoms with van der Waals surface area (Å²) in [6.07, 6.45) is -1.67. The van der Waals surface area contributed by atoms with Gasteiger partial charge in [0.2, 0.25) is 0 Å². The molecule has 2 atom stereocenters. The number of carbonyl (C=O) groups is 1. The van der Waals surface area contributed by atoms with Crippen molar-refractivity contribution in [2.24, 2.45) is 5.92 Å². The maximum atomic E-state index is 13.9. The molecule has 1 aromatic carbocycles. The molecule has 2 aromatic rings. The molecule has 1 amide bonds. The molecule has 4 rings (SSSR count). The third-order valence-corrected chi connectivity index (χ3v) is 6.04. The molecule has 1 N–H and O–H groups in total. The number of aromatic nitrogens is 2. The van der Waals surface area contributed by atoms with Crippen LogP contribution in [0.25, 0.3) is 0 Å². The summed E-state index contributed by atoms with van der Waals surface area (Å²) in [5.74, 6) is 0.957. The molecule has 0 aliphatic carbocycles. The lowest BCUT2D eigenvalue weighted by Crippen LogP contribution is -2.39. The number of rotatable bonds is 3. The van der Waals surface area contributed by atoms with Crippen molar-refractivity contribution in [1.29, 1.82) is 0 Å². The van der Waals surface area contributed by atoms with Crippen molar-refractivity contribution >= 4 is 11.7 Å². The number of amides is 1. The van der Waals surface area contributed by atoms with Crippen molar-refractivity contribution in [3.8, 4) is 5.75 Å². The van der Waals surface area contributed by atoms with Crippen LogP contribution in [0.15, 0.2) is 30.5 Å². The SMILES string of the molecule is COc1cccc([C@@H]2C[C@@H](C(F)(F)F)n3ncc(C(=O)N4CCC(C)CC4)c3N2)c1. The number of nitrogens with one attached hydrogen (secondary N) is 1. The fourth-order valence-electron chi connectivity index (χ4n) is 4.18. The first kappa shape index (κ1) is 20.6. The lowest BCUT2D eigenvalue weighted by Gasteiger charge is -2.35. The number of benzene rings is 1. The number of alkyl halides is 3. The minimum absolute atomic E-state index is 0.125. The Hall–Kier alpha value is -2.71. The normalized spacial score (nSPS) is 22.4. The van der Waals surface area contributed by atoms with Crippen molar-refractivity contribution in [3.05, 3.63) is 41.6 Å². The Kier molecular flexibility index (Phi) is 5.38. The summed E-state index contributed by atoms with van der Waals surface area (Å²) < 4.78 is 47.7. The van der Waals surface area contributed by atoms with Crippen LogP contribution in [-0.4, -0.2) is 47.0 Å². The molecule has 2 aliphatic heterocycles. The summed E-state index contributed by atoms with van der Waals surface area (Å²) >= 11 is 0. The molecule has 0 unspecified atom stereocenters. The highest BCUT2D eigenvalue weighted by molar-refractivity contribution is 5.99. The topological polar surface area (TPSA) is 59.4 Å². The van der Waals surface area contributed by atoms with E-state index in [1.807, 2.05) is 0 Å². The van der Waals surface area contributed by atoms with Gasteiger partial charge in [0.1, 0.15) is 17.1 Å². The van der Waals surface area contributed by atoms with Crippen molar-refractivity contribution < 1.29 is 22.7 Å². The van der Waals surface area contributed by atoms with Crippen LogP contribution in [0, 0.1) is 5.92 Å². The molecule has 30 heavy (non-hydrogen) atoms. The van der Waals surface area contributed by atoms with Crippen LogP contribution in [0.3, 0.4) is 0 Å². The monoisotopic (exact) mass is 422 g/mol. The van der Waals surface area contributed by atoms with E-state index in [1.165, 1.54) is 13.3 Å². The van der Waals surface area contributed by atoms with E-state index in [2.05, 4.69) is 17.3 Å². The van der Waals surface area contributed by atoms with Gasteiger partial charge in [-0.3, -0.25) is 4.79 Å². The van der Waals surface area contributed by atoms with Crippen LogP contribution in [0.2, 0.25) is 0 Å². The van der Waals surface area contributed by atoms with Crippen LogP contribution in [0.4, 0.5) is 19.0 Å². The second-order valence-electron chi connectivity index (χ2n) is 8.09. The predicted octanol–water partition coefficient (Wildman–Crippen LogP) is 4.42. The number of hydrogen-bond donors (Lipinski definition) is 1. The fourth-order valence-corrected chi connectivity index (χ4v) is 4.18. The van der Waals surface area contributed by atoms with E-state index in [0.29, 0.717) is 30.3 Å². The molecular weight excluding hydrogens is 397 g/mol. The Labute approximate surface area is 173 Å². The highest BCUT2D eigenvalue weighted by Gasteiger charge is 2.47. The molecule has 162 valence electrons. The van der Waals surface area contributed by atoms with Gasteiger partial charge in [0, 0.05) is 19.5 Å². The summed E-state index contributed by atoms with van der Waals surface area (Å²) in [6, 6.07) is 4.52. The Bertz CT molecular complexity index is 919. The fraction of sp³-hybridized carbons (Fsp3) is 0.524. The van der Waals surface area contributed by atoms with Crippen molar-refractivity contribution in [2.45, 2.75) is 44.4 Å². The van der Waals surface area contributed by atoms with Gasteiger partial charge in [-0.1, -0.05) is 19.1 Å². The number of carbonyl (C=O) groups excluding carboxylic acids is 1. The van der Waals surface area contributed by atoms with Crippen molar-refractivity contribution in [1.82, 2.24) is 14.7 Å². The van der Waals surface area contributed by atoms with E-state index in [-0.39, 0.29) is 23.7 Å². The summed E-state index contributed by atoms with van der Waals surface area (Å²) in [5, 5.41) is 7.10. The van der Waals surface area contributed by atoms with Crippen LogP contribution < -0.4 is 10.1 Å². The summed E-state index contributed by atoms with van der Waals surface area (Å²) in [4.78, 5) is 14.8. The second-order valence-corrected chi connectivity index (χ2v) is 8.09. The summed E-state index contributed by atoms with van der Waals surface area (Å²) in [7, 11) is 1.51. The van der Waals surface area contributed by atoms with Gasteiger partial charge < -0.3 is 15.0 Å². The third kappa shape index (κ3) is 3.85. The maximum Gasteiger partial charge on any atom is 0.410 e. The first-order valence-electron chi connectivity index (χ1n) is 10.1. The number of hydrogen-bond acceptors (Lipinski definition) is 4. The number of piperidine rings is 1. The number of fused-ring (bicyclic) bond motifs is 1. The third-order valence-electron chi connectivity index (χ3n) is 6.04. The molecule has 2 aliphatic rings. The molecule has 1 fully saturated rings. The Morgan fingerprint density at radius 1 is 1.27 bits per heavy atom. The molecule has 1 aromatic heterocycles. The number of anilines is 1. The largest absolute Gasteiger partial charge is 0.497 e. The Morgan fingerprint density at radius 2 is 2.00 bits per heavy atom. The highest BCUT2D eigenvalue weighted by Crippen LogP contribution is 2.44. The van der Waals surface area contributed by atoms with Gasteiger partial charge in [-0.05, 0) is 36.5 Å². The number of ether oxygens (including phenoxy) is 1. The van der Waals surface area contributed by atoms with Gasteiger partial charge in [-0.15, -0.1) is 0 Å². The molecule has 0 radical (unpaired) electrons. The standard InChI is InChI=1S/C21H25F3N4O2/c1-13-6-8-27(9-7-13)20(29)16-12-25-28-18(21(22,23)24)11-17(26-19(16)28)14-4-3-5-15(10-14)30-2/h3-5,10,12-13,17-18,26H,6-9,11H2,1-2H3/t17-,18-/m0/s1. The summed E-state index contributed by atoms with van der Waals surface area (Å²) in [5.41, 5.74) is 0.854. The first-order valence-corrected chi connectivity index (χ1v) is 10.1. The van der Waals surface area contributed by atoms with Gasteiger partial charge in [0.15, 0.2) is 6.04 Å². The number of methoxy groups -OCH3 is 1. The second kappa shape index (κ2) is 7.85. The van der Waals surface area contributed by atoms with Crippen LogP contribution in [-0.2, 0) is 0 Å². The zero-order valence-corrected chi connectivity index (χ0v) is 16.9. The zero-order valence-electron chi connectivity index (χ0n) is 16.9. The van der Waals surface area contributed by atoms with E-state index in [9.17, 15) is 18.0 Å². The van der Waals surface area contributed by atoms with Gasteiger partial charge in [-0.2, -0.15) is 18.3 Å². The zero-order chi connectivity index (χ0) is 21.5. The molecule has 0 saturated carbocycles. The Balaban J connectivity index is 1.68. The number of halogens is 3. The van der Waals surface area contributed by atoms with Gasteiger partial charge in [0.25, 0.3) is 5.91 Å². The van der Waals surface area contributed by atoms with E-state index >= 15 is 0 Å². The van der Waals surface area contributed by atoms with E-state index < -0.39 is 18.3 Å². The molecule has 3 heterocycles. The van der Waals surface area contributed by atoms with E-state index in [1.54, 1.807) is 29.2 Å². The lowest BCUT2D eigenvalue weighted by atomic mass is 9.96. The average Bonchev–Trinajstić information content (AvgIpc) is 3.16. The van der Waals surface area contributed by atoms with Crippen LogP contribution >= 0.6 is 0 Å². The lowest BCUT2D eigenvalue weighted by molar-refractivity contribution is -0.173. The van der Waals surface area contributed by atoms with E-state index in [0.717, 1.165) is 17.5 Å². The smallest absolute Gasteiger partial charge is 0.410 e. The minimum Gasteiger partial charge on any atom is -0.497 e. The summed E-state index contributed by atoms with van der Waals surface area (Å²) in [6.45, 7) is 3.34. The van der Waals surface area contributed by atoms with Crippen molar-refractivity contribution in [3.63, 3.8) is 0 Å². The molecule has 0 bridgehead atoms. The van der Waals surface area contributed by atoms with Gasteiger partial charge in [-0.25, -0.2) is 4.68 Å². The first-order chi connectivity index (χ1) is 14.3. The Morgan fingerprint density at radius 3 is 2.67 bits per heavy atom. The number of nitrogens with zero attached hydrogens (tertiary/aromatic N) is 3. The molecule has 0 spiro atoms. The molecular formula is C21H25F3N4O2. The van der Waals surface area contributed by atoms with E-state index in [4.69, 9.17) is 4.74 Å². The van der Waals surface area contributed by atoms with Crippen LogP contribution in [0.5, 0.6) is 5.75 Å². The molecule has 6 nitrogen and oxygen atoms in total. The van der Waals surface area contributed by atoms with Crippen molar-refractivity contribution in [2.75, 3.05) is 25.5 Å². The maximum absolute atomic E-state index is 13.9.